The molecule has 0 atom stereocenters. The molecule has 1 aromatic carbocycles. The van der Waals surface area contributed by atoms with Crippen molar-refractivity contribution in [2.75, 3.05) is 27.3 Å². The maximum absolute atomic E-state index is 5.56. The third kappa shape index (κ3) is 3.36. The highest BCUT2D eigenvalue weighted by molar-refractivity contribution is 7.80. The van der Waals surface area contributed by atoms with E-state index in [1.165, 1.54) is 11.1 Å². The van der Waals surface area contributed by atoms with Crippen LogP contribution in [0.2, 0.25) is 0 Å². The van der Waals surface area contributed by atoms with Gasteiger partial charge >= 0.3 is 0 Å². The van der Waals surface area contributed by atoms with E-state index in [2.05, 4.69) is 17.0 Å². The molecule has 1 aromatic rings. The Morgan fingerprint density at radius 3 is 2.47 bits per heavy atom. The molecule has 0 saturated heterocycles. The second-order valence-corrected chi connectivity index (χ2v) is 5.24. The van der Waals surface area contributed by atoms with Crippen molar-refractivity contribution in [2.24, 2.45) is 5.73 Å². The number of hydrogen-bond donors (Lipinski definition) is 1. The first kappa shape index (κ1) is 14.1. The number of nitrogens with zero attached hydrogens (tertiary/aromatic N) is 1. The number of ether oxygens (including phenoxy) is 2. The molecule has 0 aromatic heterocycles. The summed E-state index contributed by atoms with van der Waals surface area (Å²) in [7, 11) is 3.33. The molecule has 0 saturated carbocycles. The predicted octanol–water partition coefficient (Wildman–Crippen LogP) is 1.74. The van der Waals surface area contributed by atoms with Crippen LogP contribution in [0.3, 0.4) is 0 Å². The normalized spacial score (nSPS) is 14.8. The van der Waals surface area contributed by atoms with E-state index < -0.39 is 0 Å². The molecule has 4 nitrogen and oxygen atoms in total. The van der Waals surface area contributed by atoms with Crippen LogP contribution in [0.15, 0.2) is 12.1 Å². The van der Waals surface area contributed by atoms with Crippen molar-refractivity contribution in [3.63, 3.8) is 0 Å². The molecular formula is C14H20N2O2S. The van der Waals surface area contributed by atoms with E-state index in [-0.39, 0.29) is 0 Å². The van der Waals surface area contributed by atoms with E-state index in [0.29, 0.717) is 4.99 Å². The number of rotatable bonds is 5. The lowest BCUT2D eigenvalue weighted by atomic mass is 9.98. The highest BCUT2D eigenvalue weighted by atomic mass is 32.1. The van der Waals surface area contributed by atoms with Gasteiger partial charge in [-0.3, -0.25) is 4.90 Å². The fourth-order valence-electron chi connectivity index (χ4n) is 2.40. The van der Waals surface area contributed by atoms with Crippen molar-refractivity contribution in [2.45, 2.75) is 19.4 Å². The van der Waals surface area contributed by atoms with Crippen LogP contribution in [0.5, 0.6) is 11.5 Å². The molecule has 1 aliphatic rings. The second-order valence-electron chi connectivity index (χ2n) is 4.72. The summed E-state index contributed by atoms with van der Waals surface area (Å²) in [6, 6.07) is 4.15. The molecule has 1 heterocycles. The first-order valence-corrected chi connectivity index (χ1v) is 6.79. The number of thiocarbonyl (C=S) groups is 1. The van der Waals surface area contributed by atoms with Gasteiger partial charge in [0.15, 0.2) is 11.5 Å². The van der Waals surface area contributed by atoms with Crippen LogP contribution >= 0.6 is 12.2 Å². The van der Waals surface area contributed by atoms with Crippen LogP contribution in [0.1, 0.15) is 17.5 Å². The number of fused-ring (bicyclic) bond motifs is 1. The summed E-state index contributed by atoms with van der Waals surface area (Å²) in [5.74, 6) is 1.59. The first-order valence-electron chi connectivity index (χ1n) is 6.38. The minimum absolute atomic E-state index is 0.582. The molecule has 0 unspecified atom stereocenters. The lowest BCUT2D eigenvalue weighted by Gasteiger charge is -2.29. The summed E-state index contributed by atoms with van der Waals surface area (Å²) >= 11 is 4.93. The van der Waals surface area contributed by atoms with Crippen LogP contribution in [0.25, 0.3) is 0 Å². The predicted molar refractivity (Wildman–Crippen MR) is 79.9 cm³/mol. The van der Waals surface area contributed by atoms with Gasteiger partial charge in [-0.15, -0.1) is 0 Å². The Hall–Kier alpha value is -1.33. The monoisotopic (exact) mass is 280 g/mol. The number of nitrogens with two attached hydrogens (primary N) is 1. The van der Waals surface area contributed by atoms with Gasteiger partial charge in [0.2, 0.25) is 0 Å². The quantitative estimate of drug-likeness (QED) is 0.833. The Morgan fingerprint density at radius 1 is 1.26 bits per heavy atom. The minimum Gasteiger partial charge on any atom is -0.493 e. The van der Waals surface area contributed by atoms with Gasteiger partial charge in [0, 0.05) is 26.1 Å². The van der Waals surface area contributed by atoms with Gasteiger partial charge in [0.25, 0.3) is 0 Å². The van der Waals surface area contributed by atoms with Gasteiger partial charge in [0.05, 0.1) is 19.2 Å². The van der Waals surface area contributed by atoms with Crippen molar-refractivity contribution < 1.29 is 9.47 Å². The number of hydrogen-bond acceptors (Lipinski definition) is 4. The van der Waals surface area contributed by atoms with Crippen molar-refractivity contribution in [3.8, 4) is 11.5 Å². The van der Waals surface area contributed by atoms with E-state index in [9.17, 15) is 0 Å². The largest absolute Gasteiger partial charge is 0.493 e. The molecule has 19 heavy (non-hydrogen) atoms. The maximum Gasteiger partial charge on any atom is 0.161 e. The molecular weight excluding hydrogens is 260 g/mol. The molecule has 5 heteroatoms. The second kappa shape index (κ2) is 6.21. The third-order valence-electron chi connectivity index (χ3n) is 3.47. The van der Waals surface area contributed by atoms with Gasteiger partial charge in [0.1, 0.15) is 0 Å². The summed E-state index contributed by atoms with van der Waals surface area (Å²) in [6.45, 7) is 2.87. The van der Waals surface area contributed by atoms with Gasteiger partial charge in [-0.25, -0.2) is 0 Å². The molecule has 0 radical (unpaired) electrons. The zero-order chi connectivity index (χ0) is 13.8. The van der Waals surface area contributed by atoms with Crippen LogP contribution in [0.4, 0.5) is 0 Å². The van der Waals surface area contributed by atoms with Crippen molar-refractivity contribution in [3.05, 3.63) is 23.3 Å². The van der Waals surface area contributed by atoms with E-state index in [1.54, 1.807) is 14.2 Å². The molecule has 0 fully saturated rings. The van der Waals surface area contributed by atoms with Crippen LogP contribution in [0, 0.1) is 0 Å². The minimum atomic E-state index is 0.582. The lowest BCUT2D eigenvalue weighted by molar-refractivity contribution is 0.260. The average molecular weight is 280 g/mol. The van der Waals surface area contributed by atoms with E-state index >= 15 is 0 Å². The van der Waals surface area contributed by atoms with Crippen LogP contribution in [-0.4, -0.2) is 37.2 Å². The molecule has 1 aliphatic heterocycles. The zero-order valence-corrected chi connectivity index (χ0v) is 12.3. The number of benzene rings is 1. The summed E-state index contributed by atoms with van der Waals surface area (Å²) in [5.41, 5.74) is 8.19. The van der Waals surface area contributed by atoms with Crippen molar-refractivity contribution in [1.29, 1.82) is 0 Å². The zero-order valence-electron chi connectivity index (χ0n) is 11.4. The molecule has 2 N–H and O–H groups in total. The van der Waals surface area contributed by atoms with E-state index in [0.717, 1.165) is 44.0 Å². The molecule has 0 amide bonds. The fraction of sp³-hybridized carbons (Fsp3) is 0.500. The van der Waals surface area contributed by atoms with E-state index in [4.69, 9.17) is 27.4 Å². The van der Waals surface area contributed by atoms with Gasteiger partial charge in [-0.1, -0.05) is 12.2 Å². The lowest BCUT2D eigenvalue weighted by Crippen LogP contribution is -2.33. The highest BCUT2D eigenvalue weighted by Gasteiger charge is 2.19. The maximum atomic E-state index is 5.56. The molecule has 104 valence electrons. The number of methoxy groups -OCH3 is 2. The van der Waals surface area contributed by atoms with Crippen molar-refractivity contribution in [1.82, 2.24) is 4.90 Å². The standard InChI is InChI=1S/C14H20N2O2S/c1-17-12-7-10-3-5-16(6-4-14(15)19)9-11(10)8-13(12)18-2/h7-8H,3-6,9H2,1-2H3,(H2,15,19). The summed E-state index contributed by atoms with van der Waals surface area (Å²) in [5, 5.41) is 0. The van der Waals surface area contributed by atoms with Gasteiger partial charge < -0.3 is 15.2 Å². The summed E-state index contributed by atoms with van der Waals surface area (Å²) < 4.78 is 10.7. The van der Waals surface area contributed by atoms with Crippen LogP contribution < -0.4 is 15.2 Å². The van der Waals surface area contributed by atoms with Gasteiger partial charge in [-0.05, 0) is 29.7 Å². The first-order chi connectivity index (χ1) is 9.13. The Bertz CT molecular complexity index is 477. The highest BCUT2D eigenvalue weighted by Crippen LogP contribution is 2.33. The average Bonchev–Trinajstić information content (AvgIpc) is 2.43. The van der Waals surface area contributed by atoms with Crippen LogP contribution in [-0.2, 0) is 13.0 Å². The summed E-state index contributed by atoms with van der Waals surface area (Å²) in [4.78, 5) is 2.95. The van der Waals surface area contributed by atoms with Crippen molar-refractivity contribution >= 4 is 17.2 Å². The Labute approximate surface area is 119 Å². The molecule has 0 aliphatic carbocycles. The Morgan fingerprint density at radius 2 is 1.89 bits per heavy atom. The third-order valence-corrected chi connectivity index (χ3v) is 3.68. The molecule has 0 spiro atoms. The fourth-order valence-corrected chi connectivity index (χ4v) is 2.49. The molecule has 0 bridgehead atoms. The molecule has 2 rings (SSSR count). The smallest absolute Gasteiger partial charge is 0.161 e. The SMILES string of the molecule is COc1cc2c(cc1OC)CN(CCC(N)=S)CC2. The topological polar surface area (TPSA) is 47.7 Å². The summed E-state index contributed by atoms with van der Waals surface area (Å²) in [6.07, 6.45) is 1.80. The Balaban J connectivity index is 2.13. The Kier molecular flexibility index (Phi) is 4.61. The van der Waals surface area contributed by atoms with E-state index in [1.807, 2.05) is 0 Å². The van der Waals surface area contributed by atoms with Gasteiger partial charge in [-0.2, -0.15) is 0 Å².